The number of carboxylic acids is 1. The van der Waals surface area contributed by atoms with Crippen molar-refractivity contribution in [1.82, 2.24) is 4.31 Å². The Bertz CT molecular complexity index is 598. The number of aliphatic carboxylic acids is 1. The highest BCUT2D eigenvalue weighted by Crippen LogP contribution is 2.32. The van der Waals surface area contributed by atoms with Crippen LogP contribution in [0.5, 0.6) is 0 Å². The molecule has 20 heavy (non-hydrogen) atoms. The van der Waals surface area contributed by atoms with E-state index in [9.17, 15) is 26.4 Å². The first kappa shape index (κ1) is 16.4. The Morgan fingerprint density at radius 2 is 1.85 bits per heavy atom. The minimum Gasteiger partial charge on any atom is -0.480 e. The SMILES string of the molecule is CN(CC(=O)O)S(=O)(=O)Cc1ccccc1C(F)(F)F. The van der Waals surface area contributed by atoms with Crippen LogP contribution < -0.4 is 0 Å². The van der Waals surface area contributed by atoms with Crippen LogP contribution in [0, 0.1) is 0 Å². The Morgan fingerprint density at radius 1 is 1.30 bits per heavy atom. The first-order valence-electron chi connectivity index (χ1n) is 5.35. The van der Waals surface area contributed by atoms with Crippen molar-refractivity contribution in [2.24, 2.45) is 0 Å². The summed E-state index contributed by atoms with van der Waals surface area (Å²) < 4.78 is 62.3. The predicted molar refractivity (Wildman–Crippen MR) is 64.3 cm³/mol. The summed E-state index contributed by atoms with van der Waals surface area (Å²) in [7, 11) is -3.14. The lowest BCUT2D eigenvalue weighted by molar-refractivity contribution is -0.138. The van der Waals surface area contributed by atoms with E-state index in [-0.39, 0.29) is 0 Å². The van der Waals surface area contributed by atoms with Gasteiger partial charge in [0.15, 0.2) is 0 Å². The Hall–Kier alpha value is -1.61. The van der Waals surface area contributed by atoms with E-state index < -0.39 is 45.6 Å². The topological polar surface area (TPSA) is 74.7 Å². The molecule has 0 unspecified atom stereocenters. The minimum atomic E-state index is -4.67. The van der Waals surface area contributed by atoms with Gasteiger partial charge in [0.2, 0.25) is 10.0 Å². The van der Waals surface area contributed by atoms with E-state index in [0.717, 1.165) is 25.2 Å². The van der Waals surface area contributed by atoms with Gasteiger partial charge in [-0.3, -0.25) is 4.79 Å². The van der Waals surface area contributed by atoms with Crippen molar-refractivity contribution in [3.8, 4) is 0 Å². The fourth-order valence-corrected chi connectivity index (χ4v) is 2.69. The van der Waals surface area contributed by atoms with Crippen LogP contribution in [0.3, 0.4) is 0 Å². The van der Waals surface area contributed by atoms with Gasteiger partial charge in [0.1, 0.15) is 6.54 Å². The van der Waals surface area contributed by atoms with E-state index in [4.69, 9.17) is 5.11 Å². The quantitative estimate of drug-likeness (QED) is 0.895. The molecule has 0 heterocycles. The summed E-state index contributed by atoms with van der Waals surface area (Å²) in [5, 5.41) is 8.51. The molecule has 0 fully saturated rings. The fraction of sp³-hybridized carbons (Fsp3) is 0.364. The molecule has 0 aliphatic rings. The first-order valence-corrected chi connectivity index (χ1v) is 6.96. The van der Waals surface area contributed by atoms with E-state index in [0.29, 0.717) is 4.31 Å². The van der Waals surface area contributed by atoms with Gasteiger partial charge in [-0.2, -0.15) is 17.5 Å². The molecule has 0 aliphatic carbocycles. The molecule has 0 amide bonds. The zero-order chi connectivity index (χ0) is 15.6. The van der Waals surface area contributed by atoms with Crippen LogP contribution in [0.1, 0.15) is 11.1 Å². The third kappa shape index (κ3) is 4.20. The third-order valence-electron chi connectivity index (χ3n) is 2.49. The molecule has 1 aromatic rings. The number of hydrogen-bond donors (Lipinski definition) is 1. The molecule has 5 nitrogen and oxygen atoms in total. The number of rotatable bonds is 5. The molecule has 0 spiro atoms. The summed E-state index contributed by atoms with van der Waals surface area (Å²) in [4.78, 5) is 10.4. The van der Waals surface area contributed by atoms with Gasteiger partial charge in [-0.05, 0) is 11.6 Å². The zero-order valence-corrected chi connectivity index (χ0v) is 11.2. The summed E-state index contributed by atoms with van der Waals surface area (Å²) in [5.74, 6) is -2.30. The molecule has 0 aliphatic heterocycles. The predicted octanol–water partition coefficient (Wildman–Crippen LogP) is 1.55. The minimum absolute atomic E-state index is 0.419. The van der Waals surface area contributed by atoms with Crippen LogP contribution in [0.25, 0.3) is 0 Å². The lowest BCUT2D eigenvalue weighted by Crippen LogP contribution is -2.33. The molecule has 0 radical (unpaired) electrons. The van der Waals surface area contributed by atoms with Gasteiger partial charge in [0.05, 0.1) is 11.3 Å². The molecule has 112 valence electrons. The summed E-state index contributed by atoms with van der Waals surface area (Å²) in [6.07, 6.45) is -4.67. The van der Waals surface area contributed by atoms with Crippen molar-refractivity contribution >= 4 is 16.0 Å². The molecule has 0 atom stereocenters. The van der Waals surface area contributed by atoms with Crippen molar-refractivity contribution in [2.45, 2.75) is 11.9 Å². The molecular weight excluding hydrogens is 299 g/mol. The molecular formula is C11H12F3NO4S. The van der Waals surface area contributed by atoms with Gasteiger partial charge in [-0.1, -0.05) is 18.2 Å². The van der Waals surface area contributed by atoms with E-state index in [2.05, 4.69) is 0 Å². The van der Waals surface area contributed by atoms with Crippen LogP contribution in [-0.2, 0) is 26.7 Å². The summed E-state index contributed by atoms with van der Waals surface area (Å²) in [5.41, 5.74) is -1.47. The number of likely N-dealkylation sites (N-methyl/N-ethyl adjacent to an activating group) is 1. The maximum Gasteiger partial charge on any atom is 0.416 e. The normalized spacial score (nSPS) is 12.7. The van der Waals surface area contributed by atoms with Gasteiger partial charge in [0, 0.05) is 7.05 Å². The second-order valence-electron chi connectivity index (χ2n) is 4.06. The largest absolute Gasteiger partial charge is 0.480 e. The van der Waals surface area contributed by atoms with E-state index in [1.807, 2.05) is 0 Å². The molecule has 1 aromatic carbocycles. The highest BCUT2D eigenvalue weighted by Gasteiger charge is 2.34. The van der Waals surface area contributed by atoms with Crippen molar-refractivity contribution in [3.63, 3.8) is 0 Å². The number of nitrogens with zero attached hydrogens (tertiary/aromatic N) is 1. The molecule has 1 N–H and O–H groups in total. The second-order valence-corrected chi connectivity index (χ2v) is 6.14. The van der Waals surface area contributed by atoms with Gasteiger partial charge < -0.3 is 5.11 Å². The van der Waals surface area contributed by atoms with E-state index >= 15 is 0 Å². The number of hydrogen-bond acceptors (Lipinski definition) is 3. The maximum absolute atomic E-state index is 12.7. The number of alkyl halides is 3. The average molecular weight is 311 g/mol. The molecule has 0 saturated carbocycles. The monoisotopic (exact) mass is 311 g/mol. The summed E-state index contributed by atoms with van der Waals surface area (Å²) in [6, 6.07) is 4.27. The third-order valence-corrected chi connectivity index (χ3v) is 4.25. The van der Waals surface area contributed by atoms with Crippen LogP contribution in [0.15, 0.2) is 24.3 Å². The standard InChI is InChI=1S/C11H12F3NO4S/c1-15(6-10(16)17)20(18,19)7-8-4-2-3-5-9(8)11(12,13)14/h2-5H,6-7H2,1H3,(H,16,17). The second kappa shape index (κ2) is 5.80. The molecule has 0 aromatic heterocycles. The lowest BCUT2D eigenvalue weighted by Gasteiger charge is -2.17. The molecule has 9 heteroatoms. The molecule has 0 saturated heterocycles. The van der Waals surface area contributed by atoms with Gasteiger partial charge in [-0.15, -0.1) is 0 Å². The Labute approximate surface area is 113 Å². The summed E-state index contributed by atoms with van der Waals surface area (Å²) in [6.45, 7) is -0.809. The lowest BCUT2D eigenvalue weighted by atomic mass is 10.1. The Kier molecular flexibility index (Phi) is 4.77. The smallest absolute Gasteiger partial charge is 0.416 e. The summed E-state index contributed by atoms with van der Waals surface area (Å²) >= 11 is 0. The number of halogens is 3. The van der Waals surface area contributed by atoms with Crippen LogP contribution in [-0.4, -0.2) is 37.4 Å². The number of sulfonamides is 1. The number of benzene rings is 1. The molecule has 1 rings (SSSR count). The fourth-order valence-electron chi connectivity index (χ4n) is 1.52. The zero-order valence-electron chi connectivity index (χ0n) is 10.4. The van der Waals surface area contributed by atoms with Gasteiger partial charge in [-0.25, -0.2) is 8.42 Å². The number of carboxylic acid groups (broad SMARTS) is 1. The van der Waals surface area contributed by atoms with Crippen LogP contribution >= 0.6 is 0 Å². The van der Waals surface area contributed by atoms with Crippen molar-refractivity contribution in [2.75, 3.05) is 13.6 Å². The van der Waals surface area contributed by atoms with Crippen molar-refractivity contribution in [3.05, 3.63) is 35.4 Å². The van der Waals surface area contributed by atoms with Crippen LogP contribution in [0.4, 0.5) is 13.2 Å². The first-order chi connectivity index (χ1) is 9.04. The maximum atomic E-state index is 12.7. The van der Waals surface area contributed by atoms with E-state index in [1.165, 1.54) is 6.07 Å². The van der Waals surface area contributed by atoms with Crippen molar-refractivity contribution < 1.29 is 31.5 Å². The Balaban J connectivity index is 3.08. The van der Waals surface area contributed by atoms with Gasteiger partial charge in [0.25, 0.3) is 0 Å². The Morgan fingerprint density at radius 3 is 2.35 bits per heavy atom. The molecule has 0 bridgehead atoms. The van der Waals surface area contributed by atoms with Crippen LogP contribution in [0.2, 0.25) is 0 Å². The van der Waals surface area contributed by atoms with Gasteiger partial charge >= 0.3 is 12.1 Å². The average Bonchev–Trinajstić information content (AvgIpc) is 2.26. The highest BCUT2D eigenvalue weighted by atomic mass is 32.2. The highest BCUT2D eigenvalue weighted by molar-refractivity contribution is 7.88. The van der Waals surface area contributed by atoms with E-state index in [1.54, 1.807) is 0 Å². The van der Waals surface area contributed by atoms with Crippen molar-refractivity contribution in [1.29, 1.82) is 0 Å². The number of carbonyl (C=O) groups is 1.